The Morgan fingerprint density at radius 2 is 1.76 bits per heavy atom. The predicted octanol–water partition coefficient (Wildman–Crippen LogP) is 1.68. The van der Waals surface area contributed by atoms with Gasteiger partial charge in [-0.05, 0) is 51.5 Å². The molecule has 3 amide bonds. The van der Waals surface area contributed by atoms with Gasteiger partial charge in [-0.25, -0.2) is 4.79 Å². The number of amides is 3. The molecule has 1 rings (SSSR count). The maximum absolute atomic E-state index is 11.9. The van der Waals surface area contributed by atoms with Crippen LogP contribution in [0.3, 0.4) is 0 Å². The number of hydrogen-bond donors (Lipinski definition) is 4. The first-order valence-corrected chi connectivity index (χ1v) is 7.10. The number of benzene rings is 1. The van der Waals surface area contributed by atoms with Crippen LogP contribution in [0.4, 0.5) is 10.5 Å². The third-order valence-electron chi connectivity index (χ3n) is 2.71. The first kappa shape index (κ1) is 17.0. The minimum atomic E-state index is -0.265. The van der Waals surface area contributed by atoms with Gasteiger partial charge in [0.2, 0.25) is 0 Å². The molecule has 0 fully saturated rings. The molecule has 0 saturated heterocycles. The minimum absolute atomic E-state index is 0.0661. The summed E-state index contributed by atoms with van der Waals surface area (Å²) < 4.78 is 0. The van der Waals surface area contributed by atoms with E-state index in [0.29, 0.717) is 17.8 Å². The van der Waals surface area contributed by atoms with Gasteiger partial charge in [0.15, 0.2) is 0 Å². The van der Waals surface area contributed by atoms with Crippen molar-refractivity contribution in [2.75, 3.05) is 11.9 Å². The molecule has 6 heteroatoms. The molecule has 1 aromatic rings. The second-order valence-electron chi connectivity index (χ2n) is 5.35. The summed E-state index contributed by atoms with van der Waals surface area (Å²) in [6.45, 7) is 6.21. The van der Waals surface area contributed by atoms with Crippen molar-refractivity contribution in [3.63, 3.8) is 0 Å². The number of carbonyl (C=O) groups excluding carboxylic acids is 2. The van der Waals surface area contributed by atoms with Crippen molar-refractivity contribution in [1.82, 2.24) is 10.6 Å². The van der Waals surface area contributed by atoms with E-state index in [1.807, 2.05) is 20.8 Å². The SMILES string of the molecule is CC(N)CCNC(=O)c1ccc(NC(=O)NC(C)C)cc1. The van der Waals surface area contributed by atoms with Crippen molar-refractivity contribution in [3.05, 3.63) is 29.8 Å². The number of hydrogen-bond acceptors (Lipinski definition) is 3. The molecule has 0 aliphatic rings. The zero-order valence-corrected chi connectivity index (χ0v) is 12.8. The highest BCUT2D eigenvalue weighted by atomic mass is 16.2. The Kier molecular flexibility index (Phi) is 6.68. The van der Waals surface area contributed by atoms with Crippen LogP contribution in [0.5, 0.6) is 0 Å². The van der Waals surface area contributed by atoms with Gasteiger partial charge in [0.1, 0.15) is 0 Å². The topological polar surface area (TPSA) is 96.2 Å². The van der Waals surface area contributed by atoms with Crippen LogP contribution in [0.25, 0.3) is 0 Å². The van der Waals surface area contributed by atoms with Crippen molar-refractivity contribution >= 4 is 17.6 Å². The Morgan fingerprint density at radius 1 is 1.14 bits per heavy atom. The van der Waals surface area contributed by atoms with Gasteiger partial charge in [-0.3, -0.25) is 4.79 Å². The van der Waals surface area contributed by atoms with Crippen LogP contribution < -0.4 is 21.7 Å². The maximum Gasteiger partial charge on any atom is 0.319 e. The molecule has 1 unspecified atom stereocenters. The molecule has 0 aliphatic carbocycles. The third-order valence-corrected chi connectivity index (χ3v) is 2.71. The Bertz CT molecular complexity index is 469. The van der Waals surface area contributed by atoms with E-state index in [4.69, 9.17) is 5.73 Å². The lowest BCUT2D eigenvalue weighted by Gasteiger charge is -2.11. The summed E-state index contributed by atoms with van der Waals surface area (Å²) >= 11 is 0. The zero-order valence-electron chi connectivity index (χ0n) is 12.8. The summed E-state index contributed by atoms with van der Waals surface area (Å²) in [7, 11) is 0. The number of carbonyl (C=O) groups is 2. The fraction of sp³-hybridized carbons (Fsp3) is 0.467. The largest absolute Gasteiger partial charge is 0.352 e. The highest BCUT2D eigenvalue weighted by Crippen LogP contribution is 2.09. The molecular formula is C15H24N4O2. The Balaban J connectivity index is 2.49. The number of nitrogens with one attached hydrogen (secondary N) is 3. The second-order valence-corrected chi connectivity index (χ2v) is 5.35. The van der Waals surface area contributed by atoms with Crippen molar-refractivity contribution in [3.8, 4) is 0 Å². The molecule has 0 spiro atoms. The molecule has 116 valence electrons. The van der Waals surface area contributed by atoms with Gasteiger partial charge in [-0.15, -0.1) is 0 Å². The lowest BCUT2D eigenvalue weighted by Crippen LogP contribution is -2.34. The van der Waals surface area contributed by atoms with Crippen molar-refractivity contribution in [2.45, 2.75) is 39.3 Å². The van der Waals surface area contributed by atoms with Gasteiger partial charge in [0, 0.05) is 29.9 Å². The van der Waals surface area contributed by atoms with Crippen LogP contribution in [0.15, 0.2) is 24.3 Å². The van der Waals surface area contributed by atoms with Crippen LogP contribution >= 0.6 is 0 Å². The molecule has 5 N–H and O–H groups in total. The fourth-order valence-corrected chi connectivity index (χ4v) is 1.65. The normalized spacial score (nSPS) is 11.9. The van der Waals surface area contributed by atoms with Crippen LogP contribution in [-0.4, -0.2) is 30.6 Å². The van der Waals surface area contributed by atoms with Crippen LogP contribution in [0.2, 0.25) is 0 Å². The molecule has 0 aromatic heterocycles. The minimum Gasteiger partial charge on any atom is -0.352 e. The zero-order chi connectivity index (χ0) is 15.8. The fourth-order valence-electron chi connectivity index (χ4n) is 1.65. The quantitative estimate of drug-likeness (QED) is 0.642. The van der Waals surface area contributed by atoms with Crippen molar-refractivity contribution < 1.29 is 9.59 Å². The Hall–Kier alpha value is -2.08. The lowest BCUT2D eigenvalue weighted by molar-refractivity contribution is 0.0953. The van der Waals surface area contributed by atoms with Crippen molar-refractivity contribution in [1.29, 1.82) is 0 Å². The van der Waals surface area contributed by atoms with E-state index in [-0.39, 0.29) is 24.0 Å². The lowest BCUT2D eigenvalue weighted by atomic mass is 10.2. The summed E-state index contributed by atoms with van der Waals surface area (Å²) in [6, 6.07) is 6.61. The summed E-state index contributed by atoms with van der Waals surface area (Å²) in [5, 5.41) is 8.22. The van der Waals surface area contributed by atoms with Gasteiger partial charge in [0.25, 0.3) is 5.91 Å². The number of urea groups is 1. The first-order valence-electron chi connectivity index (χ1n) is 7.10. The molecule has 1 aromatic carbocycles. The van der Waals surface area contributed by atoms with Gasteiger partial charge >= 0.3 is 6.03 Å². The standard InChI is InChI=1S/C15H24N4O2/c1-10(2)18-15(21)19-13-6-4-12(5-7-13)14(20)17-9-8-11(3)16/h4-7,10-11H,8-9,16H2,1-3H3,(H,17,20)(H2,18,19,21). The molecule has 0 saturated carbocycles. The molecule has 0 radical (unpaired) electrons. The molecule has 0 heterocycles. The molecule has 6 nitrogen and oxygen atoms in total. The monoisotopic (exact) mass is 292 g/mol. The van der Waals surface area contributed by atoms with E-state index in [2.05, 4.69) is 16.0 Å². The summed E-state index contributed by atoms with van der Waals surface area (Å²) in [5.74, 6) is -0.145. The third kappa shape index (κ3) is 6.76. The van der Waals surface area contributed by atoms with Crippen LogP contribution in [0.1, 0.15) is 37.6 Å². The molecule has 21 heavy (non-hydrogen) atoms. The number of nitrogens with two attached hydrogens (primary N) is 1. The van der Waals surface area contributed by atoms with Gasteiger partial charge < -0.3 is 21.7 Å². The smallest absolute Gasteiger partial charge is 0.319 e. The summed E-state index contributed by atoms with van der Waals surface area (Å²) in [6.07, 6.45) is 0.737. The van der Waals surface area contributed by atoms with Gasteiger partial charge in [-0.2, -0.15) is 0 Å². The van der Waals surface area contributed by atoms with E-state index in [0.717, 1.165) is 6.42 Å². The maximum atomic E-state index is 11.9. The Labute approximate surface area is 125 Å². The van der Waals surface area contributed by atoms with Crippen LogP contribution in [0, 0.1) is 0 Å². The van der Waals surface area contributed by atoms with Crippen LogP contribution in [-0.2, 0) is 0 Å². The van der Waals surface area contributed by atoms with E-state index in [1.165, 1.54) is 0 Å². The highest BCUT2D eigenvalue weighted by Gasteiger charge is 2.07. The first-order chi connectivity index (χ1) is 9.88. The average molecular weight is 292 g/mol. The number of anilines is 1. The highest BCUT2D eigenvalue weighted by molar-refractivity contribution is 5.95. The van der Waals surface area contributed by atoms with Crippen molar-refractivity contribution in [2.24, 2.45) is 5.73 Å². The molecule has 0 aliphatic heterocycles. The average Bonchev–Trinajstić information content (AvgIpc) is 2.37. The summed E-state index contributed by atoms with van der Waals surface area (Å²) in [4.78, 5) is 23.4. The van der Waals surface area contributed by atoms with E-state index >= 15 is 0 Å². The van der Waals surface area contributed by atoms with Gasteiger partial charge in [0.05, 0.1) is 0 Å². The van der Waals surface area contributed by atoms with Gasteiger partial charge in [-0.1, -0.05) is 0 Å². The molecule has 0 bridgehead atoms. The second kappa shape index (κ2) is 8.26. The van der Waals surface area contributed by atoms with E-state index < -0.39 is 0 Å². The Morgan fingerprint density at radius 3 is 2.29 bits per heavy atom. The number of rotatable bonds is 6. The van der Waals surface area contributed by atoms with E-state index in [1.54, 1.807) is 24.3 Å². The van der Waals surface area contributed by atoms with E-state index in [9.17, 15) is 9.59 Å². The summed E-state index contributed by atoms with van der Waals surface area (Å²) in [5.41, 5.74) is 6.81. The molecule has 1 atom stereocenters. The molecular weight excluding hydrogens is 268 g/mol. The predicted molar refractivity (Wildman–Crippen MR) is 84.3 cm³/mol.